The van der Waals surface area contributed by atoms with Crippen molar-refractivity contribution in [3.05, 3.63) is 29.8 Å². The minimum absolute atomic E-state index is 0.319. The molecule has 1 aliphatic rings. The first-order valence-electron chi connectivity index (χ1n) is 6.70. The van der Waals surface area contributed by atoms with Crippen molar-refractivity contribution in [2.75, 3.05) is 18.5 Å². The SMILES string of the molecule is CC[C@H](O)c1ccc(N(C)CC2CCC2)cc1. The van der Waals surface area contributed by atoms with Crippen LogP contribution in [0.1, 0.15) is 44.3 Å². The van der Waals surface area contributed by atoms with Crippen LogP contribution in [0.3, 0.4) is 0 Å². The molecule has 1 N–H and O–H groups in total. The molecule has 2 heteroatoms. The maximum atomic E-state index is 9.74. The predicted molar refractivity (Wildman–Crippen MR) is 72.3 cm³/mol. The van der Waals surface area contributed by atoms with Crippen LogP contribution in [0.2, 0.25) is 0 Å². The third kappa shape index (κ3) is 3.01. The lowest BCUT2D eigenvalue weighted by Crippen LogP contribution is -2.29. The zero-order chi connectivity index (χ0) is 12.3. The molecule has 1 saturated carbocycles. The number of hydrogen-bond acceptors (Lipinski definition) is 2. The Morgan fingerprint density at radius 1 is 1.29 bits per heavy atom. The highest BCUT2D eigenvalue weighted by molar-refractivity contribution is 5.47. The number of hydrogen-bond donors (Lipinski definition) is 1. The predicted octanol–water partition coefficient (Wildman–Crippen LogP) is 3.37. The first-order chi connectivity index (χ1) is 8.20. The summed E-state index contributed by atoms with van der Waals surface area (Å²) in [5.41, 5.74) is 2.28. The standard InChI is InChI=1S/C15H23NO/c1-3-15(17)13-7-9-14(10-8-13)16(2)11-12-5-4-6-12/h7-10,12,15,17H,3-6,11H2,1-2H3/t15-/m0/s1. The average Bonchev–Trinajstić information content (AvgIpc) is 2.32. The van der Waals surface area contributed by atoms with Crippen LogP contribution in [0.5, 0.6) is 0 Å². The summed E-state index contributed by atoms with van der Waals surface area (Å²) in [4.78, 5) is 2.33. The van der Waals surface area contributed by atoms with Crippen molar-refractivity contribution in [2.45, 2.75) is 38.7 Å². The van der Waals surface area contributed by atoms with Crippen LogP contribution in [0.4, 0.5) is 5.69 Å². The van der Waals surface area contributed by atoms with Gasteiger partial charge in [0.05, 0.1) is 6.10 Å². The molecular formula is C15H23NO. The largest absolute Gasteiger partial charge is 0.388 e. The van der Waals surface area contributed by atoms with Crippen LogP contribution in [-0.4, -0.2) is 18.7 Å². The lowest BCUT2D eigenvalue weighted by molar-refractivity contribution is 0.173. The maximum Gasteiger partial charge on any atom is 0.0787 e. The molecule has 0 aromatic heterocycles. The van der Waals surface area contributed by atoms with Crippen molar-refractivity contribution in [1.82, 2.24) is 0 Å². The Labute approximate surface area is 104 Å². The van der Waals surface area contributed by atoms with E-state index in [2.05, 4.69) is 24.1 Å². The molecule has 1 atom stereocenters. The van der Waals surface area contributed by atoms with Gasteiger partial charge < -0.3 is 10.0 Å². The zero-order valence-electron chi connectivity index (χ0n) is 10.9. The fourth-order valence-electron chi connectivity index (χ4n) is 2.35. The molecule has 1 aliphatic carbocycles. The summed E-state index contributed by atoms with van der Waals surface area (Å²) in [6, 6.07) is 8.32. The molecule has 2 nitrogen and oxygen atoms in total. The van der Waals surface area contributed by atoms with Crippen molar-refractivity contribution >= 4 is 5.69 Å². The van der Waals surface area contributed by atoms with Crippen LogP contribution in [0.15, 0.2) is 24.3 Å². The Hall–Kier alpha value is -1.02. The number of rotatable bonds is 5. The minimum Gasteiger partial charge on any atom is -0.388 e. The quantitative estimate of drug-likeness (QED) is 0.843. The van der Waals surface area contributed by atoms with E-state index in [-0.39, 0.29) is 6.10 Å². The Bertz CT molecular complexity index is 342. The van der Waals surface area contributed by atoms with Gasteiger partial charge >= 0.3 is 0 Å². The molecule has 0 unspecified atom stereocenters. The highest BCUT2D eigenvalue weighted by atomic mass is 16.3. The van der Waals surface area contributed by atoms with E-state index in [4.69, 9.17) is 0 Å². The van der Waals surface area contributed by atoms with Crippen molar-refractivity contribution < 1.29 is 5.11 Å². The van der Waals surface area contributed by atoms with Gasteiger partial charge in [0.15, 0.2) is 0 Å². The number of aliphatic hydroxyl groups excluding tert-OH is 1. The molecular weight excluding hydrogens is 210 g/mol. The van der Waals surface area contributed by atoms with Gasteiger partial charge in [-0.2, -0.15) is 0 Å². The van der Waals surface area contributed by atoms with Gasteiger partial charge in [0, 0.05) is 19.3 Å². The second-order valence-electron chi connectivity index (χ2n) is 5.19. The van der Waals surface area contributed by atoms with Crippen LogP contribution in [0.25, 0.3) is 0 Å². The van der Waals surface area contributed by atoms with Crippen molar-refractivity contribution in [2.24, 2.45) is 5.92 Å². The van der Waals surface area contributed by atoms with E-state index in [0.29, 0.717) is 0 Å². The zero-order valence-corrected chi connectivity index (χ0v) is 10.9. The van der Waals surface area contributed by atoms with E-state index in [0.717, 1.165) is 24.4 Å². The Kier molecular flexibility index (Phi) is 4.06. The van der Waals surface area contributed by atoms with E-state index in [9.17, 15) is 5.11 Å². The molecule has 94 valence electrons. The summed E-state index contributed by atoms with van der Waals surface area (Å²) >= 11 is 0. The molecule has 0 radical (unpaired) electrons. The van der Waals surface area contributed by atoms with Gasteiger partial charge in [-0.25, -0.2) is 0 Å². The normalized spacial score (nSPS) is 17.6. The summed E-state index contributed by atoms with van der Waals surface area (Å²) in [6.45, 7) is 3.16. The smallest absolute Gasteiger partial charge is 0.0787 e. The molecule has 17 heavy (non-hydrogen) atoms. The second-order valence-corrected chi connectivity index (χ2v) is 5.19. The van der Waals surface area contributed by atoms with Crippen molar-refractivity contribution in [1.29, 1.82) is 0 Å². The lowest BCUT2D eigenvalue weighted by atomic mass is 9.85. The Morgan fingerprint density at radius 2 is 1.94 bits per heavy atom. The number of benzene rings is 1. The van der Waals surface area contributed by atoms with E-state index in [1.54, 1.807) is 0 Å². The van der Waals surface area contributed by atoms with Gasteiger partial charge in [-0.1, -0.05) is 25.5 Å². The number of aliphatic hydroxyl groups is 1. The summed E-state index contributed by atoms with van der Waals surface area (Å²) in [5, 5.41) is 9.74. The first-order valence-corrected chi connectivity index (χ1v) is 6.70. The van der Waals surface area contributed by atoms with Gasteiger partial charge in [-0.15, -0.1) is 0 Å². The molecule has 1 aromatic carbocycles. The average molecular weight is 233 g/mol. The van der Waals surface area contributed by atoms with Gasteiger partial charge in [-0.3, -0.25) is 0 Å². The summed E-state index contributed by atoms with van der Waals surface area (Å²) < 4.78 is 0. The van der Waals surface area contributed by atoms with Gasteiger partial charge in [-0.05, 0) is 42.9 Å². The minimum atomic E-state index is -0.319. The van der Waals surface area contributed by atoms with E-state index in [1.165, 1.54) is 24.9 Å². The van der Waals surface area contributed by atoms with Gasteiger partial charge in [0.1, 0.15) is 0 Å². The molecule has 2 rings (SSSR count). The highest BCUT2D eigenvalue weighted by Gasteiger charge is 2.19. The summed E-state index contributed by atoms with van der Waals surface area (Å²) in [7, 11) is 2.16. The molecule has 0 spiro atoms. The second kappa shape index (κ2) is 5.54. The fourth-order valence-corrected chi connectivity index (χ4v) is 2.35. The number of nitrogens with zero attached hydrogens (tertiary/aromatic N) is 1. The summed E-state index contributed by atoms with van der Waals surface area (Å²) in [6.07, 6.45) is 4.63. The lowest BCUT2D eigenvalue weighted by Gasteiger charge is -2.31. The van der Waals surface area contributed by atoms with Crippen LogP contribution in [-0.2, 0) is 0 Å². The third-order valence-corrected chi connectivity index (χ3v) is 3.86. The Balaban J connectivity index is 1.96. The topological polar surface area (TPSA) is 23.5 Å². The van der Waals surface area contributed by atoms with Crippen LogP contribution < -0.4 is 4.90 Å². The molecule has 0 amide bonds. The molecule has 0 bridgehead atoms. The monoisotopic (exact) mass is 233 g/mol. The van der Waals surface area contributed by atoms with Crippen molar-refractivity contribution in [3.8, 4) is 0 Å². The van der Waals surface area contributed by atoms with E-state index >= 15 is 0 Å². The molecule has 1 fully saturated rings. The van der Waals surface area contributed by atoms with E-state index < -0.39 is 0 Å². The third-order valence-electron chi connectivity index (χ3n) is 3.86. The molecule has 0 heterocycles. The highest BCUT2D eigenvalue weighted by Crippen LogP contribution is 2.28. The molecule has 0 saturated heterocycles. The Morgan fingerprint density at radius 3 is 2.41 bits per heavy atom. The van der Waals surface area contributed by atoms with Gasteiger partial charge in [0.25, 0.3) is 0 Å². The summed E-state index contributed by atoms with van der Waals surface area (Å²) in [5.74, 6) is 0.890. The van der Waals surface area contributed by atoms with Gasteiger partial charge in [0.2, 0.25) is 0 Å². The van der Waals surface area contributed by atoms with E-state index in [1.807, 2.05) is 19.1 Å². The van der Waals surface area contributed by atoms with Crippen LogP contribution in [0, 0.1) is 5.92 Å². The fraction of sp³-hybridized carbons (Fsp3) is 0.600. The maximum absolute atomic E-state index is 9.74. The first kappa shape index (κ1) is 12.4. The molecule has 1 aromatic rings. The van der Waals surface area contributed by atoms with Crippen LogP contribution >= 0.6 is 0 Å². The number of anilines is 1. The molecule has 0 aliphatic heterocycles. The van der Waals surface area contributed by atoms with Crippen molar-refractivity contribution in [3.63, 3.8) is 0 Å².